The Morgan fingerprint density at radius 1 is 1.32 bits per heavy atom. The first-order chi connectivity index (χ1) is 8.81. The Kier molecular flexibility index (Phi) is 3.99. The van der Waals surface area contributed by atoms with Crippen molar-refractivity contribution in [3.05, 3.63) is 29.8 Å². The van der Waals surface area contributed by atoms with Crippen molar-refractivity contribution < 1.29 is 17.3 Å². The van der Waals surface area contributed by atoms with Crippen molar-refractivity contribution in [2.45, 2.75) is 37.7 Å². The normalized spacial score (nSPS) is 22.6. The van der Waals surface area contributed by atoms with E-state index in [0.29, 0.717) is 6.61 Å². The van der Waals surface area contributed by atoms with Gasteiger partial charge in [-0.2, -0.15) is 8.42 Å². The molecule has 5 heteroatoms. The smallest absolute Gasteiger partial charge is 0.296 e. The SMILES string of the molecule is Cc1ccc(S(=O)(=O)OCC2CCOC2(C)C)cc1. The third-order valence-electron chi connectivity index (χ3n) is 3.66. The van der Waals surface area contributed by atoms with Crippen LogP contribution in [-0.2, 0) is 19.0 Å². The molecule has 1 aromatic rings. The van der Waals surface area contributed by atoms with Gasteiger partial charge >= 0.3 is 0 Å². The summed E-state index contributed by atoms with van der Waals surface area (Å²) in [6, 6.07) is 6.67. The van der Waals surface area contributed by atoms with Crippen molar-refractivity contribution in [1.29, 1.82) is 0 Å². The van der Waals surface area contributed by atoms with Gasteiger partial charge in [-0.3, -0.25) is 4.18 Å². The zero-order valence-corrected chi connectivity index (χ0v) is 12.4. The molecule has 0 saturated carbocycles. The molecular formula is C14H20O4S. The zero-order valence-electron chi connectivity index (χ0n) is 11.5. The topological polar surface area (TPSA) is 52.6 Å². The fourth-order valence-corrected chi connectivity index (χ4v) is 3.11. The average molecular weight is 284 g/mol. The van der Waals surface area contributed by atoms with Crippen molar-refractivity contribution in [3.63, 3.8) is 0 Å². The first-order valence-corrected chi connectivity index (χ1v) is 7.82. The molecule has 1 atom stereocenters. The molecule has 0 aromatic heterocycles. The first-order valence-electron chi connectivity index (χ1n) is 6.41. The average Bonchev–Trinajstić information content (AvgIpc) is 2.66. The van der Waals surface area contributed by atoms with Crippen molar-refractivity contribution in [2.75, 3.05) is 13.2 Å². The molecule has 0 amide bonds. The van der Waals surface area contributed by atoms with Crippen LogP contribution in [0.3, 0.4) is 0 Å². The van der Waals surface area contributed by atoms with E-state index in [4.69, 9.17) is 8.92 Å². The van der Waals surface area contributed by atoms with Gasteiger partial charge in [0.2, 0.25) is 0 Å². The number of ether oxygens (including phenoxy) is 1. The molecule has 1 aromatic carbocycles. The second-order valence-electron chi connectivity index (χ2n) is 5.49. The summed E-state index contributed by atoms with van der Waals surface area (Å²) >= 11 is 0. The molecule has 0 bridgehead atoms. The zero-order chi connectivity index (χ0) is 14.1. The second-order valence-corrected chi connectivity index (χ2v) is 7.10. The minimum atomic E-state index is -3.67. The maximum atomic E-state index is 12.0. The quantitative estimate of drug-likeness (QED) is 0.797. The molecule has 1 fully saturated rings. The van der Waals surface area contributed by atoms with Crippen molar-refractivity contribution in [1.82, 2.24) is 0 Å². The lowest BCUT2D eigenvalue weighted by atomic mass is 9.92. The van der Waals surface area contributed by atoms with E-state index in [1.807, 2.05) is 20.8 Å². The Hall–Kier alpha value is -0.910. The van der Waals surface area contributed by atoms with Gasteiger partial charge in [-0.15, -0.1) is 0 Å². The molecule has 19 heavy (non-hydrogen) atoms. The summed E-state index contributed by atoms with van der Waals surface area (Å²) < 4.78 is 34.8. The predicted molar refractivity (Wildman–Crippen MR) is 72.5 cm³/mol. The molecule has 106 valence electrons. The Balaban J connectivity index is 2.04. The Morgan fingerprint density at radius 3 is 2.47 bits per heavy atom. The van der Waals surface area contributed by atoms with Gasteiger partial charge in [-0.25, -0.2) is 0 Å². The van der Waals surface area contributed by atoms with Crippen molar-refractivity contribution in [2.24, 2.45) is 5.92 Å². The van der Waals surface area contributed by atoms with E-state index in [0.717, 1.165) is 12.0 Å². The van der Waals surface area contributed by atoms with Gasteiger partial charge in [0.15, 0.2) is 0 Å². The Morgan fingerprint density at radius 2 is 1.95 bits per heavy atom. The van der Waals surface area contributed by atoms with Gasteiger partial charge in [-0.1, -0.05) is 17.7 Å². The maximum absolute atomic E-state index is 12.0. The van der Waals surface area contributed by atoms with Gasteiger partial charge in [0.25, 0.3) is 10.1 Å². The summed E-state index contributed by atoms with van der Waals surface area (Å²) in [5.74, 6) is 0.104. The molecule has 1 heterocycles. The highest BCUT2D eigenvalue weighted by Gasteiger charge is 2.36. The third-order valence-corrected chi connectivity index (χ3v) is 4.95. The van der Waals surface area contributed by atoms with Crippen LogP contribution in [0.15, 0.2) is 29.2 Å². The molecule has 4 nitrogen and oxygen atoms in total. The largest absolute Gasteiger partial charge is 0.375 e. The lowest BCUT2D eigenvalue weighted by Crippen LogP contribution is -2.31. The van der Waals surface area contributed by atoms with E-state index < -0.39 is 10.1 Å². The molecule has 1 aliphatic heterocycles. The number of benzene rings is 1. The van der Waals surface area contributed by atoms with Gasteiger partial charge in [0, 0.05) is 12.5 Å². The lowest BCUT2D eigenvalue weighted by molar-refractivity contribution is 0.000763. The molecule has 1 aliphatic rings. The number of rotatable bonds is 4. The highest BCUT2D eigenvalue weighted by atomic mass is 32.2. The van der Waals surface area contributed by atoms with E-state index in [9.17, 15) is 8.42 Å². The standard InChI is InChI=1S/C14H20O4S/c1-11-4-6-13(7-5-11)19(15,16)18-10-12-8-9-17-14(12,2)3/h4-7,12H,8-10H2,1-3H3. The molecule has 0 N–H and O–H groups in total. The minimum Gasteiger partial charge on any atom is -0.375 e. The second kappa shape index (κ2) is 5.23. The van der Waals surface area contributed by atoms with Gasteiger partial charge in [-0.05, 0) is 39.3 Å². The molecule has 0 aliphatic carbocycles. The van der Waals surface area contributed by atoms with Crippen LogP contribution in [0.4, 0.5) is 0 Å². The fourth-order valence-electron chi connectivity index (χ4n) is 2.16. The van der Waals surface area contributed by atoms with E-state index in [2.05, 4.69) is 0 Å². The first kappa shape index (κ1) is 14.5. The Bertz CT molecular complexity index is 531. The molecule has 1 saturated heterocycles. The summed E-state index contributed by atoms with van der Waals surface area (Å²) in [7, 11) is -3.67. The van der Waals surface area contributed by atoms with Crippen LogP contribution >= 0.6 is 0 Å². The van der Waals surface area contributed by atoms with E-state index in [1.165, 1.54) is 0 Å². The summed E-state index contributed by atoms with van der Waals surface area (Å²) in [5.41, 5.74) is 0.701. The van der Waals surface area contributed by atoms with Crippen LogP contribution in [0.1, 0.15) is 25.8 Å². The number of hydrogen-bond donors (Lipinski definition) is 0. The highest BCUT2D eigenvalue weighted by Crippen LogP contribution is 2.32. The summed E-state index contributed by atoms with van der Waals surface area (Å²) in [4.78, 5) is 0.204. The fraction of sp³-hybridized carbons (Fsp3) is 0.571. The summed E-state index contributed by atoms with van der Waals surface area (Å²) in [6.45, 7) is 6.67. The van der Waals surface area contributed by atoms with E-state index in [-0.39, 0.29) is 23.0 Å². The van der Waals surface area contributed by atoms with Crippen LogP contribution in [0.25, 0.3) is 0 Å². The van der Waals surface area contributed by atoms with Gasteiger partial charge < -0.3 is 4.74 Å². The van der Waals surface area contributed by atoms with Gasteiger partial charge in [0.1, 0.15) is 0 Å². The monoisotopic (exact) mass is 284 g/mol. The minimum absolute atomic E-state index is 0.104. The molecule has 0 spiro atoms. The van der Waals surface area contributed by atoms with Crippen LogP contribution in [0.5, 0.6) is 0 Å². The molecular weight excluding hydrogens is 264 g/mol. The summed E-state index contributed by atoms with van der Waals surface area (Å²) in [5, 5.41) is 0. The summed E-state index contributed by atoms with van der Waals surface area (Å²) in [6.07, 6.45) is 0.830. The van der Waals surface area contributed by atoms with Crippen LogP contribution in [0, 0.1) is 12.8 Å². The van der Waals surface area contributed by atoms with Crippen LogP contribution in [-0.4, -0.2) is 27.2 Å². The van der Waals surface area contributed by atoms with Crippen LogP contribution in [0.2, 0.25) is 0 Å². The predicted octanol–water partition coefficient (Wildman–Crippen LogP) is 2.52. The number of aryl methyl sites for hydroxylation is 1. The van der Waals surface area contributed by atoms with Gasteiger partial charge in [0.05, 0.1) is 17.1 Å². The van der Waals surface area contributed by atoms with E-state index >= 15 is 0 Å². The van der Waals surface area contributed by atoms with Crippen LogP contribution < -0.4 is 0 Å². The number of hydrogen-bond acceptors (Lipinski definition) is 4. The molecule has 2 rings (SSSR count). The Labute approximate surface area is 114 Å². The molecule has 0 radical (unpaired) electrons. The lowest BCUT2D eigenvalue weighted by Gasteiger charge is -2.25. The van der Waals surface area contributed by atoms with Crippen molar-refractivity contribution >= 4 is 10.1 Å². The third kappa shape index (κ3) is 3.35. The van der Waals surface area contributed by atoms with E-state index in [1.54, 1.807) is 24.3 Å². The maximum Gasteiger partial charge on any atom is 0.296 e. The van der Waals surface area contributed by atoms with Crippen molar-refractivity contribution in [3.8, 4) is 0 Å². The highest BCUT2D eigenvalue weighted by molar-refractivity contribution is 7.86. The molecule has 1 unspecified atom stereocenters.